The van der Waals surface area contributed by atoms with Crippen molar-refractivity contribution < 1.29 is 13.2 Å². The highest BCUT2D eigenvalue weighted by molar-refractivity contribution is 7.90. The van der Waals surface area contributed by atoms with Gasteiger partial charge in [0.05, 0.1) is 11.5 Å². The molecule has 4 rings (SSSR count). The highest BCUT2D eigenvalue weighted by Crippen LogP contribution is 2.32. The number of rotatable bonds is 3. The molecule has 126 valence electrons. The Kier molecular flexibility index (Phi) is 4.01. The molecule has 0 bridgehead atoms. The van der Waals surface area contributed by atoms with Crippen molar-refractivity contribution in [1.29, 1.82) is 0 Å². The summed E-state index contributed by atoms with van der Waals surface area (Å²) in [5.74, 6) is 1.70. The van der Waals surface area contributed by atoms with E-state index in [9.17, 15) is 8.42 Å². The van der Waals surface area contributed by atoms with Gasteiger partial charge in [0.1, 0.15) is 11.5 Å². The van der Waals surface area contributed by atoms with Gasteiger partial charge in [-0.3, -0.25) is 0 Å². The van der Waals surface area contributed by atoms with Crippen LogP contribution in [-0.2, 0) is 10.0 Å². The van der Waals surface area contributed by atoms with Crippen LogP contribution in [-0.4, -0.2) is 19.9 Å². The fourth-order valence-electron chi connectivity index (χ4n) is 3.05. The van der Waals surface area contributed by atoms with Crippen LogP contribution in [0.25, 0.3) is 5.57 Å². The number of ether oxygens (including phenoxy) is 1. The number of benzene rings is 2. The van der Waals surface area contributed by atoms with E-state index >= 15 is 0 Å². The van der Waals surface area contributed by atoms with Crippen molar-refractivity contribution in [3.63, 3.8) is 0 Å². The summed E-state index contributed by atoms with van der Waals surface area (Å²) in [5.41, 5.74) is 2.44. The molecule has 0 N–H and O–H groups in total. The van der Waals surface area contributed by atoms with Crippen LogP contribution in [0.5, 0.6) is 11.5 Å². The number of para-hydroxylation sites is 1. The zero-order valence-corrected chi connectivity index (χ0v) is 14.3. The van der Waals surface area contributed by atoms with E-state index in [1.54, 1.807) is 0 Å². The van der Waals surface area contributed by atoms with Crippen LogP contribution in [0.1, 0.15) is 12.0 Å². The molecule has 2 aliphatic rings. The summed E-state index contributed by atoms with van der Waals surface area (Å²) in [4.78, 5) is 0. The van der Waals surface area contributed by atoms with Gasteiger partial charge in [0.25, 0.3) is 10.0 Å². The molecule has 1 unspecified atom stereocenters. The third-order valence-electron chi connectivity index (χ3n) is 4.30. The normalized spacial score (nSPS) is 21.0. The molecule has 0 aromatic heterocycles. The monoisotopic (exact) mass is 351 g/mol. The van der Waals surface area contributed by atoms with Crippen LogP contribution in [0.4, 0.5) is 0 Å². The maximum atomic E-state index is 11.9. The summed E-state index contributed by atoms with van der Waals surface area (Å²) in [5, 5.41) is 0. The van der Waals surface area contributed by atoms with Crippen molar-refractivity contribution in [2.45, 2.75) is 6.42 Å². The van der Waals surface area contributed by atoms with Gasteiger partial charge in [-0.25, -0.2) is 8.42 Å². The third kappa shape index (κ3) is 3.42. The van der Waals surface area contributed by atoms with Crippen LogP contribution in [0, 0.1) is 5.92 Å². The Morgan fingerprint density at radius 2 is 1.68 bits per heavy atom. The Hall–Kier alpha value is -2.66. The van der Waals surface area contributed by atoms with Crippen molar-refractivity contribution >= 4 is 21.3 Å². The summed E-state index contributed by atoms with van der Waals surface area (Å²) in [6.07, 6.45) is 6.50. The summed E-state index contributed by atoms with van der Waals surface area (Å²) < 4.78 is 33.6. The van der Waals surface area contributed by atoms with Crippen LogP contribution >= 0.6 is 0 Å². The fourth-order valence-corrected chi connectivity index (χ4v) is 4.23. The molecule has 1 aliphatic heterocycles. The first-order chi connectivity index (χ1) is 12.1. The molecule has 2 aromatic rings. The molecule has 0 saturated heterocycles. The quantitative estimate of drug-likeness (QED) is 0.832. The molecule has 5 heteroatoms. The lowest BCUT2D eigenvalue weighted by atomic mass is 9.86. The molecule has 0 radical (unpaired) electrons. The Labute approximate surface area is 147 Å². The second-order valence-electron chi connectivity index (χ2n) is 6.06. The highest BCUT2D eigenvalue weighted by atomic mass is 32.2. The summed E-state index contributed by atoms with van der Waals surface area (Å²) in [7, 11) is -3.35. The molecule has 1 atom stereocenters. The highest BCUT2D eigenvalue weighted by Gasteiger charge is 2.29. The molecule has 4 nitrogen and oxygen atoms in total. The number of fused-ring (bicyclic) bond motifs is 1. The lowest BCUT2D eigenvalue weighted by Crippen LogP contribution is -2.26. The largest absolute Gasteiger partial charge is 0.457 e. The van der Waals surface area contributed by atoms with E-state index < -0.39 is 10.0 Å². The maximum absolute atomic E-state index is 11.9. The molecular formula is C20H17NO3S. The first-order valence-corrected chi connectivity index (χ1v) is 9.76. The average Bonchev–Trinajstić information content (AvgIpc) is 2.62. The topological polar surface area (TPSA) is 55.7 Å². The van der Waals surface area contributed by atoms with Gasteiger partial charge >= 0.3 is 0 Å². The van der Waals surface area contributed by atoms with Gasteiger partial charge in [-0.15, -0.1) is 0 Å². The van der Waals surface area contributed by atoms with Crippen molar-refractivity contribution in [2.24, 2.45) is 10.3 Å². The second-order valence-corrected chi connectivity index (χ2v) is 7.82. The molecule has 0 fully saturated rings. The lowest BCUT2D eigenvalue weighted by Gasteiger charge is -2.24. The minimum atomic E-state index is -3.35. The Bertz CT molecular complexity index is 971. The molecular weight excluding hydrogens is 334 g/mol. The van der Waals surface area contributed by atoms with Gasteiger partial charge in [0, 0.05) is 11.5 Å². The molecule has 0 spiro atoms. The SMILES string of the molecule is O=S1(=O)CCC2C=CC=C(c3ccc(Oc4ccccc4)cc3)C2=N1. The molecule has 0 saturated carbocycles. The van der Waals surface area contributed by atoms with E-state index in [0.29, 0.717) is 12.1 Å². The Balaban J connectivity index is 1.62. The smallest absolute Gasteiger partial charge is 0.253 e. The van der Waals surface area contributed by atoms with Crippen molar-refractivity contribution in [3.05, 3.63) is 78.4 Å². The van der Waals surface area contributed by atoms with Gasteiger partial charge in [-0.05, 0) is 36.2 Å². The maximum Gasteiger partial charge on any atom is 0.253 e. The Morgan fingerprint density at radius 1 is 0.960 bits per heavy atom. The van der Waals surface area contributed by atoms with E-state index in [4.69, 9.17) is 4.74 Å². The van der Waals surface area contributed by atoms with E-state index in [1.165, 1.54) is 0 Å². The van der Waals surface area contributed by atoms with Gasteiger partial charge in [-0.2, -0.15) is 4.40 Å². The molecule has 25 heavy (non-hydrogen) atoms. The molecule has 0 amide bonds. The predicted octanol–water partition coefficient (Wildman–Crippen LogP) is 4.22. The number of hydrogen-bond acceptors (Lipinski definition) is 3. The zero-order chi connectivity index (χ0) is 17.3. The van der Waals surface area contributed by atoms with Crippen LogP contribution in [0.3, 0.4) is 0 Å². The predicted molar refractivity (Wildman–Crippen MR) is 99.4 cm³/mol. The fraction of sp³-hybridized carbons (Fsp3) is 0.150. The first kappa shape index (κ1) is 15.8. The molecule has 2 aromatic carbocycles. The summed E-state index contributed by atoms with van der Waals surface area (Å²) in [6.45, 7) is 0. The number of hydrogen-bond donors (Lipinski definition) is 0. The first-order valence-electron chi connectivity index (χ1n) is 8.15. The minimum absolute atomic E-state index is 0.0729. The van der Waals surface area contributed by atoms with E-state index in [0.717, 1.165) is 22.6 Å². The average molecular weight is 351 g/mol. The van der Waals surface area contributed by atoms with E-state index in [1.807, 2.05) is 72.8 Å². The molecule has 1 aliphatic carbocycles. The van der Waals surface area contributed by atoms with Crippen LogP contribution < -0.4 is 4.74 Å². The molecule has 1 heterocycles. The number of sulfonamides is 1. The van der Waals surface area contributed by atoms with Gasteiger partial charge in [-0.1, -0.05) is 48.6 Å². The standard InChI is InChI=1S/C20H17NO3S/c22-25(23)14-13-16-5-4-8-19(20(16)21-25)15-9-11-18(12-10-15)24-17-6-2-1-3-7-17/h1-12,16H,13-14H2. The van der Waals surface area contributed by atoms with Gasteiger partial charge in [0.15, 0.2) is 0 Å². The number of nitrogens with zero attached hydrogens (tertiary/aromatic N) is 1. The van der Waals surface area contributed by atoms with Crippen molar-refractivity contribution in [2.75, 3.05) is 5.75 Å². The van der Waals surface area contributed by atoms with Crippen LogP contribution in [0.2, 0.25) is 0 Å². The van der Waals surface area contributed by atoms with E-state index in [-0.39, 0.29) is 11.7 Å². The van der Waals surface area contributed by atoms with Crippen LogP contribution in [0.15, 0.2) is 77.2 Å². The third-order valence-corrected chi connectivity index (χ3v) is 5.53. The summed E-state index contributed by atoms with van der Waals surface area (Å²) >= 11 is 0. The summed E-state index contributed by atoms with van der Waals surface area (Å²) in [6, 6.07) is 17.2. The number of allylic oxidation sites excluding steroid dienone is 4. The second kappa shape index (κ2) is 6.33. The van der Waals surface area contributed by atoms with Crippen molar-refractivity contribution in [1.82, 2.24) is 0 Å². The van der Waals surface area contributed by atoms with E-state index in [2.05, 4.69) is 4.40 Å². The minimum Gasteiger partial charge on any atom is -0.457 e. The van der Waals surface area contributed by atoms with Gasteiger partial charge in [0.2, 0.25) is 0 Å². The zero-order valence-electron chi connectivity index (χ0n) is 13.5. The lowest BCUT2D eigenvalue weighted by molar-refractivity contribution is 0.482. The Morgan fingerprint density at radius 3 is 2.44 bits per heavy atom. The van der Waals surface area contributed by atoms with Crippen molar-refractivity contribution in [3.8, 4) is 11.5 Å². The van der Waals surface area contributed by atoms with Gasteiger partial charge < -0.3 is 4.74 Å².